The fourth-order valence-corrected chi connectivity index (χ4v) is 3.12. The normalized spacial score (nSPS) is 19.0. The number of ether oxygens (including phenoxy) is 1. The molecule has 1 aliphatic rings. The zero-order valence-electron chi connectivity index (χ0n) is 15.9. The van der Waals surface area contributed by atoms with E-state index in [1.807, 2.05) is 25.1 Å². The van der Waals surface area contributed by atoms with Gasteiger partial charge in [0.1, 0.15) is 11.8 Å². The Labute approximate surface area is 159 Å². The van der Waals surface area contributed by atoms with Crippen molar-refractivity contribution in [1.29, 1.82) is 0 Å². The number of aliphatic carboxylic acids is 1. The third-order valence-corrected chi connectivity index (χ3v) is 5.03. The minimum Gasteiger partial charge on any atom is -0.484 e. The molecular weight excluding hydrogens is 348 g/mol. The molecule has 2 amide bonds. The number of carboxylic acids is 1. The fourth-order valence-electron chi connectivity index (χ4n) is 3.12. The average Bonchev–Trinajstić information content (AvgIpc) is 2.70. The van der Waals surface area contributed by atoms with E-state index < -0.39 is 17.9 Å². The standard InChI is InChI=1S/C20H28N2O5/c1-3-14(2)18(20(25)26)21-19(24)15-8-7-11-22(12-15)17(23)13-27-16-9-5-4-6-10-16/h4-6,9-10,14-15,18H,3,7-8,11-13H2,1-2H3,(H,21,24)(H,25,26)/t14-,15?,18-/m0/s1. The van der Waals surface area contributed by atoms with E-state index in [9.17, 15) is 19.5 Å². The number of likely N-dealkylation sites (tertiary alicyclic amines) is 1. The lowest BCUT2D eigenvalue weighted by molar-refractivity contribution is -0.145. The highest BCUT2D eigenvalue weighted by Crippen LogP contribution is 2.19. The predicted molar refractivity (Wildman–Crippen MR) is 100 cm³/mol. The van der Waals surface area contributed by atoms with Crippen LogP contribution in [0.2, 0.25) is 0 Å². The molecule has 0 aliphatic carbocycles. The van der Waals surface area contributed by atoms with E-state index >= 15 is 0 Å². The predicted octanol–water partition coefficient (Wildman–Crippen LogP) is 1.92. The van der Waals surface area contributed by atoms with Gasteiger partial charge < -0.3 is 20.1 Å². The molecule has 1 heterocycles. The maximum atomic E-state index is 12.5. The van der Waals surface area contributed by atoms with Crippen molar-refractivity contribution in [2.45, 2.75) is 39.2 Å². The Bertz CT molecular complexity index is 649. The Balaban J connectivity index is 1.89. The topological polar surface area (TPSA) is 95.9 Å². The molecule has 148 valence electrons. The maximum absolute atomic E-state index is 12.5. The lowest BCUT2D eigenvalue weighted by Crippen LogP contribution is -2.51. The number of carbonyl (C=O) groups excluding carboxylic acids is 2. The highest BCUT2D eigenvalue weighted by molar-refractivity contribution is 5.86. The molecular formula is C20H28N2O5. The molecule has 0 bridgehead atoms. The molecule has 1 saturated heterocycles. The van der Waals surface area contributed by atoms with Crippen LogP contribution in [-0.2, 0) is 14.4 Å². The Morgan fingerprint density at radius 2 is 2.00 bits per heavy atom. The highest BCUT2D eigenvalue weighted by atomic mass is 16.5. The molecule has 1 fully saturated rings. The molecule has 0 aromatic heterocycles. The van der Waals surface area contributed by atoms with Crippen molar-refractivity contribution in [3.8, 4) is 5.75 Å². The molecule has 27 heavy (non-hydrogen) atoms. The van der Waals surface area contributed by atoms with Crippen molar-refractivity contribution in [2.24, 2.45) is 11.8 Å². The first-order valence-corrected chi connectivity index (χ1v) is 9.41. The number of hydrogen-bond acceptors (Lipinski definition) is 4. The number of amides is 2. The molecule has 1 aliphatic heterocycles. The van der Waals surface area contributed by atoms with Gasteiger partial charge in [-0.1, -0.05) is 38.5 Å². The summed E-state index contributed by atoms with van der Waals surface area (Å²) in [6, 6.07) is 8.18. The molecule has 2 N–H and O–H groups in total. The summed E-state index contributed by atoms with van der Waals surface area (Å²) < 4.78 is 5.49. The van der Waals surface area contributed by atoms with Gasteiger partial charge in [-0.15, -0.1) is 0 Å². The maximum Gasteiger partial charge on any atom is 0.326 e. The molecule has 2 rings (SSSR count). The van der Waals surface area contributed by atoms with Gasteiger partial charge in [-0.3, -0.25) is 9.59 Å². The number of hydrogen-bond donors (Lipinski definition) is 2. The number of para-hydroxylation sites is 1. The number of piperidine rings is 1. The smallest absolute Gasteiger partial charge is 0.326 e. The van der Waals surface area contributed by atoms with Gasteiger partial charge in [0.05, 0.1) is 5.92 Å². The van der Waals surface area contributed by atoms with Crippen LogP contribution in [0.5, 0.6) is 5.75 Å². The van der Waals surface area contributed by atoms with Gasteiger partial charge in [0.2, 0.25) is 5.91 Å². The van der Waals surface area contributed by atoms with Crippen LogP contribution >= 0.6 is 0 Å². The summed E-state index contributed by atoms with van der Waals surface area (Å²) in [6.07, 6.45) is 2.00. The van der Waals surface area contributed by atoms with Crippen LogP contribution < -0.4 is 10.1 Å². The lowest BCUT2D eigenvalue weighted by atomic mass is 9.94. The molecule has 1 unspecified atom stereocenters. The molecule has 1 aromatic rings. The molecule has 3 atom stereocenters. The summed E-state index contributed by atoms with van der Waals surface area (Å²) in [5.74, 6) is -1.44. The van der Waals surface area contributed by atoms with Crippen molar-refractivity contribution in [2.75, 3.05) is 19.7 Å². The van der Waals surface area contributed by atoms with E-state index in [2.05, 4.69) is 5.32 Å². The number of carbonyl (C=O) groups is 3. The third kappa shape index (κ3) is 5.98. The first kappa shape index (κ1) is 20.7. The van der Waals surface area contributed by atoms with Crippen LogP contribution in [0, 0.1) is 11.8 Å². The van der Waals surface area contributed by atoms with Crippen LogP contribution in [0.4, 0.5) is 0 Å². The third-order valence-electron chi connectivity index (χ3n) is 5.03. The average molecular weight is 376 g/mol. The first-order valence-electron chi connectivity index (χ1n) is 9.41. The summed E-state index contributed by atoms with van der Waals surface area (Å²) in [6.45, 7) is 4.48. The van der Waals surface area contributed by atoms with Gasteiger partial charge in [0, 0.05) is 13.1 Å². The van der Waals surface area contributed by atoms with Crippen LogP contribution in [0.15, 0.2) is 30.3 Å². The van der Waals surface area contributed by atoms with Crippen LogP contribution in [0.3, 0.4) is 0 Å². The zero-order valence-corrected chi connectivity index (χ0v) is 15.9. The van der Waals surface area contributed by atoms with Gasteiger partial charge in [0.25, 0.3) is 5.91 Å². The van der Waals surface area contributed by atoms with E-state index in [-0.39, 0.29) is 30.9 Å². The summed E-state index contributed by atoms with van der Waals surface area (Å²) in [5.41, 5.74) is 0. The molecule has 0 saturated carbocycles. The Hall–Kier alpha value is -2.57. The minimum atomic E-state index is -1.03. The second-order valence-corrected chi connectivity index (χ2v) is 6.99. The Kier molecular flexibility index (Phi) is 7.64. The first-order chi connectivity index (χ1) is 12.9. The van der Waals surface area contributed by atoms with Crippen molar-refractivity contribution in [3.63, 3.8) is 0 Å². The Morgan fingerprint density at radius 1 is 1.30 bits per heavy atom. The summed E-state index contributed by atoms with van der Waals surface area (Å²) in [7, 11) is 0. The Morgan fingerprint density at radius 3 is 2.63 bits per heavy atom. The van der Waals surface area contributed by atoms with Gasteiger partial charge in [0.15, 0.2) is 6.61 Å². The minimum absolute atomic E-state index is 0.0804. The molecule has 0 radical (unpaired) electrons. The van der Waals surface area contributed by atoms with Crippen molar-refractivity contribution in [1.82, 2.24) is 10.2 Å². The number of nitrogens with one attached hydrogen (secondary N) is 1. The SMILES string of the molecule is CC[C@H](C)[C@H](NC(=O)C1CCCN(C(=O)COc2ccccc2)C1)C(=O)O. The second kappa shape index (κ2) is 9.94. The monoisotopic (exact) mass is 376 g/mol. The molecule has 7 heteroatoms. The number of rotatable bonds is 8. The fraction of sp³-hybridized carbons (Fsp3) is 0.550. The largest absolute Gasteiger partial charge is 0.484 e. The zero-order chi connectivity index (χ0) is 19.8. The number of benzene rings is 1. The molecule has 7 nitrogen and oxygen atoms in total. The van der Waals surface area contributed by atoms with Crippen LogP contribution in [0.25, 0.3) is 0 Å². The van der Waals surface area contributed by atoms with Gasteiger partial charge in [-0.25, -0.2) is 4.79 Å². The van der Waals surface area contributed by atoms with E-state index in [4.69, 9.17) is 4.74 Å². The van der Waals surface area contributed by atoms with E-state index in [0.717, 1.165) is 0 Å². The molecule has 1 aromatic carbocycles. The van der Waals surface area contributed by atoms with Crippen molar-refractivity contribution >= 4 is 17.8 Å². The summed E-state index contributed by atoms with van der Waals surface area (Å²) >= 11 is 0. The van der Waals surface area contributed by atoms with Crippen molar-refractivity contribution < 1.29 is 24.2 Å². The van der Waals surface area contributed by atoms with E-state index in [1.54, 1.807) is 24.0 Å². The van der Waals surface area contributed by atoms with Gasteiger partial charge >= 0.3 is 5.97 Å². The van der Waals surface area contributed by atoms with Gasteiger partial charge in [-0.2, -0.15) is 0 Å². The summed E-state index contributed by atoms with van der Waals surface area (Å²) in [5, 5.41) is 12.0. The van der Waals surface area contributed by atoms with Crippen molar-refractivity contribution in [3.05, 3.63) is 30.3 Å². The lowest BCUT2D eigenvalue weighted by Gasteiger charge is -2.33. The van der Waals surface area contributed by atoms with Crippen LogP contribution in [0.1, 0.15) is 33.1 Å². The number of carboxylic acid groups (broad SMARTS) is 1. The van der Waals surface area contributed by atoms with Gasteiger partial charge in [-0.05, 0) is 30.9 Å². The van der Waals surface area contributed by atoms with E-state index in [0.29, 0.717) is 31.6 Å². The van der Waals surface area contributed by atoms with Crippen LogP contribution in [-0.4, -0.2) is 53.5 Å². The number of nitrogens with zero attached hydrogens (tertiary/aromatic N) is 1. The van der Waals surface area contributed by atoms with E-state index in [1.165, 1.54) is 0 Å². The second-order valence-electron chi connectivity index (χ2n) is 6.99. The quantitative estimate of drug-likeness (QED) is 0.723. The molecule has 0 spiro atoms. The highest BCUT2D eigenvalue weighted by Gasteiger charge is 2.32. The summed E-state index contributed by atoms with van der Waals surface area (Å²) in [4.78, 5) is 38.0.